The molecule has 170 valence electrons. The summed E-state index contributed by atoms with van der Waals surface area (Å²) in [7, 11) is 4.13. The molecule has 6 heteroatoms. The van der Waals surface area contributed by atoms with E-state index in [2.05, 4.69) is 55.4 Å². The summed E-state index contributed by atoms with van der Waals surface area (Å²) < 4.78 is 6.01. The molecule has 0 saturated carbocycles. The van der Waals surface area contributed by atoms with Crippen LogP contribution in [0.15, 0.2) is 72.8 Å². The molecule has 1 atom stereocenters. The molecule has 4 rings (SSSR count). The highest BCUT2D eigenvalue weighted by atomic mass is 16.5. The molecule has 1 aliphatic rings. The first-order valence-electron chi connectivity index (χ1n) is 11.2. The van der Waals surface area contributed by atoms with E-state index in [1.165, 1.54) is 11.1 Å². The molecule has 0 aliphatic carbocycles. The zero-order chi connectivity index (χ0) is 23.4. The fourth-order valence-corrected chi connectivity index (χ4v) is 4.21. The van der Waals surface area contributed by atoms with Crippen molar-refractivity contribution in [1.29, 1.82) is 5.41 Å². The Kier molecular flexibility index (Phi) is 6.75. The number of benzene rings is 3. The minimum absolute atomic E-state index is 0.0238. The van der Waals surface area contributed by atoms with Gasteiger partial charge in [0.1, 0.15) is 11.6 Å². The number of nitrogen functional groups attached to an aromatic ring is 1. The molecule has 0 radical (unpaired) electrons. The van der Waals surface area contributed by atoms with Crippen LogP contribution in [-0.4, -0.2) is 43.4 Å². The average molecular weight is 443 g/mol. The molecule has 0 aromatic heterocycles. The number of rotatable bonds is 7. The molecule has 0 bridgehead atoms. The number of anilines is 1. The number of hydrogen-bond donors (Lipinski definition) is 2. The van der Waals surface area contributed by atoms with Gasteiger partial charge in [-0.2, -0.15) is 0 Å². The lowest BCUT2D eigenvalue weighted by Crippen LogP contribution is -2.46. The lowest BCUT2D eigenvalue weighted by molar-refractivity contribution is -0.126. The Bertz CT molecular complexity index is 1140. The number of piperidine rings is 1. The van der Waals surface area contributed by atoms with Gasteiger partial charge in [-0.05, 0) is 67.9 Å². The summed E-state index contributed by atoms with van der Waals surface area (Å²) in [6.07, 6.45) is 0.965. The Morgan fingerprint density at radius 2 is 1.85 bits per heavy atom. The van der Waals surface area contributed by atoms with E-state index in [9.17, 15) is 4.79 Å². The topological polar surface area (TPSA) is 82.7 Å². The van der Waals surface area contributed by atoms with Gasteiger partial charge in [-0.1, -0.05) is 48.5 Å². The van der Waals surface area contributed by atoms with E-state index in [1.807, 2.05) is 12.1 Å². The molecular weight excluding hydrogens is 412 g/mol. The summed E-state index contributed by atoms with van der Waals surface area (Å²) >= 11 is 0. The normalized spacial score (nSPS) is 16.2. The van der Waals surface area contributed by atoms with E-state index in [-0.39, 0.29) is 11.7 Å². The van der Waals surface area contributed by atoms with E-state index >= 15 is 0 Å². The third kappa shape index (κ3) is 5.23. The zero-order valence-electron chi connectivity index (χ0n) is 19.1. The van der Waals surface area contributed by atoms with Crippen LogP contribution in [-0.2, 0) is 11.3 Å². The van der Waals surface area contributed by atoms with Crippen LogP contribution in [0.5, 0.6) is 5.75 Å². The van der Waals surface area contributed by atoms with Crippen LogP contribution in [0.1, 0.15) is 24.0 Å². The second-order valence-corrected chi connectivity index (χ2v) is 8.62. The molecule has 3 aromatic carbocycles. The number of amidine groups is 1. The molecular formula is C27H30N4O2. The van der Waals surface area contributed by atoms with Gasteiger partial charge in [-0.25, -0.2) is 0 Å². The predicted octanol–water partition coefficient (Wildman–Crippen LogP) is 4.27. The lowest BCUT2D eigenvalue weighted by atomic mass is 9.98. The summed E-state index contributed by atoms with van der Waals surface area (Å²) in [5.74, 6) is 0.482. The summed E-state index contributed by atoms with van der Waals surface area (Å²) in [6.45, 7) is 1.54. The Morgan fingerprint density at radius 3 is 2.58 bits per heavy atom. The summed E-state index contributed by atoms with van der Waals surface area (Å²) in [5.41, 5.74) is 10.6. The molecule has 1 aliphatic heterocycles. The summed E-state index contributed by atoms with van der Waals surface area (Å²) in [5, 5.41) is 7.61. The van der Waals surface area contributed by atoms with Crippen molar-refractivity contribution in [2.75, 3.05) is 25.5 Å². The second kappa shape index (κ2) is 9.88. The number of carbonyl (C=O) groups excluding carboxylic acids is 1. The minimum atomic E-state index is -0.554. The maximum absolute atomic E-state index is 13.2. The van der Waals surface area contributed by atoms with Crippen LogP contribution < -0.4 is 15.4 Å². The molecule has 1 saturated heterocycles. The van der Waals surface area contributed by atoms with Crippen LogP contribution in [0.3, 0.4) is 0 Å². The lowest BCUT2D eigenvalue weighted by Gasteiger charge is -2.32. The Labute approximate surface area is 195 Å². The fraction of sp³-hybridized carbons (Fsp3) is 0.259. The highest BCUT2D eigenvalue weighted by Gasteiger charge is 2.31. The van der Waals surface area contributed by atoms with Gasteiger partial charge in [0.2, 0.25) is 0 Å². The SMILES string of the molecule is CN(C)Cc1ccccc1-c1ccc(N2CCCC(Oc3cccc(C(=N)N)c3)C2=O)cc1. The van der Waals surface area contributed by atoms with E-state index < -0.39 is 6.10 Å². The smallest absolute Gasteiger partial charge is 0.268 e. The van der Waals surface area contributed by atoms with Gasteiger partial charge >= 0.3 is 0 Å². The molecule has 1 amide bonds. The van der Waals surface area contributed by atoms with Gasteiger partial charge in [0.05, 0.1) is 0 Å². The van der Waals surface area contributed by atoms with Crippen LogP contribution in [0.4, 0.5) is 5.69 Å². The van der Waals surface area contributed by atoms with Crippen molar-refractivity contribution in [3.8, 4) is 16.9 Å². The fourth-order valence-electron chi connectivity index (χ4n) is 4.21. The third-order valence-corrected chi connectivity index (χ3v) is 5.81. The minimum Gasteiger partial charge on any atom is -0.481 e. The predicted molar refractivity (Wildman–Crippen MR) is 133 cm³/mol. The van der Waals surface area contributed by atoms with Crippen molar-refractivity contribution < 1.29 is 9.53 Å². The Hall–Kier alpha value is -3.64. The van der Waals surface area contributed by atoms with Gasteiger partial charge in [0.25, 0.3) is 5.91 Å². The highest BCUT2D eigenvalue weighted by Crippen LogP contribution is 2.29. The Balaban J connectivity index is 1.51. The number of nitrogens with zero attached hydrogens (tertiary/aromatic N) is 2. The van der Waals surface area contributed by atoms with Crippen LogP contribution in [0.2, 0.25) is 0 Å². The number of nitrogens with one attached hydrogen (secondary N) is 1. The van der Waals surface area contributed by atoms with Crippen molar-refractivity contribution >= 4 is 17.4 Å². The molecule has 3 N–H and O–H groups in total. The van der Waals surface area contributed by atoms with Crippen LogP contribution >= 0.6 is 0 Å². The first kappa shape index (κ1) is 22.6. The van der Waals surface area contributed by atoms with E-state index in [0.29, 0.717) is 24.3 Å². The zero-order valence-corrected chi connectivity index (χ0v) is 19.1. The Morgan fingerprint density at radius 1 is 1.09 bits per heavy atom. The van der Waals surface area contributed by atoms with Gasteiger partial charge in [0.15, 0.2) is 6.10 Å². The standard InChI is InChI=1S/C27H30N4O2/c1-30(2)18-21-7-3-4-10-24(21)19-12-14-22(15-13-19)31-16-6-11-25(27(31)32)33-23-9-5-8-20(17-23)26(28)29/h3-5,7-10,12-15,17,25H,6,11,16,18H2,1-2H3,(H3,28,29). The molecule has 0 spiro atoms. The van der Waals surface area contributed by atoms with Gasteiger partial charge < -0.3 is 20.3 Å². The molecule has 1 fully saturated rings. The maximum Gasteiger partial charge on any atom is 0.268 e. The molecule has 6 nitrogen and oxygen atoms in total. The number of nitrogens with two attached hydrogens (primary N) is 1. The molecule has 1 unspecified atom stereocenters. The van der Waals surface area contributed by atoms with Gasteiger partial charge in [-0.15, -0.1) is 0 Å². The number of hydrogen-bond acceptors (Lipinski definition) is 4. The van der Waals surface area contributed by atoms with Crippen LogP contribution in [0, 0.1) is 5.41 Å². The highest BCUT2D eigenvalue weighted by molar-refractivity contribution is 5.98. The van der Waals surface area contributed by atoms with E-state index in [4.69, 9.17) is 15.9 Å². The number of amides is 1. The van der Waals surface area contributed by atoms with E-state index in [1.54, 1.807) is 29.2 Å². The second-order valence-electron chi connectivity index (χ2n) is 8.62. The monoisotopic (exact) mass is 442 g/mol. The molecule has 3 aromatic rings. The van der Waals surface area contributed by atoms with Crippen molar-refractivity contribution in [2.24, 2.45) is 5.73 Å². The third-order valence-electron chi connectivity index (χ3n) is 5.81. The summed E-state index contributed by atoms with van der Waals surface area (Å²) in [4.78, 5) is 17.2. The van der Waals surface area contributed by atoms with Crippen molar-refractivity contribution in [3.05, 3.63) is 83.9 Å². The molecule has 33 heavy (non-hydrogen) atoms. The van der Waals surface area contributed by atoms with Crippen molar-refractivity contribution in [1.82, 2.24) is 4.90 Å². The van der Waals surface area contributed by atoms with Crippen molar-refractivity contribution in [3.63, 3.8) is 0 Å². The van der Waals surface area contributed by atoms with Gasteiger partial charge in [0, 0.05) is 24.3 Å². The average Bonchev–Trinajstić information content (AvgIpc) is 2.81. The quantitative estimate of drug-likeness (QED) is 0.423. The number of ether oxygens (including phenoxy) is 1. The van der Waals surface area contributed by atoms with Crippen molar-refractivity contribution in [2.45, 2.75) is 25.5 Å². The number of carbonyl (C=O) groups is 1. The first-order valence-corrected chi connectivity index (χ1v) is 11.2. The van der Waals surface area contributed by atoms with Gasteiger partial charge in [-0.3, -0.25) is 10.2 Å². The largest absolute Gasteiger partial charge is 0.481 e. The molecule has 1 heterocycles. The summed E-state index contributed by atoms with van der Waals surface area (Å²) in [6, 6.07) is 23.6. The maximum atomic E-state index is 13.2. The van der Waals surface area contributed by atoms with Crippen LogP contribution in [0.25, 0.3) is 11.1 Å². The van der Waals surface area contributed by atoms with E-state index in [0.717, 1.165) is 24.2 Å². The first-order chi connectivity index (χ1) is 15.9.